The Hall–Kier alpha value is -1.58. The molecule has 2 nitrogen and oxygen atoms in total. The maximum atomic E-state index is 13.0. The Bertz CT molecular complexity index is 574. The third-order valence-corrected chi connectivity index (χ3v) is 3.17. The Morgan fingerprint density at radius 2 is 1.95 bits per heavy atom. The molecule has 0 amide bonds. The van der Waals surface area contributed by atoms with Crippen molar-refractivity contribution in [1.82, 2.24) is 0 Å². The van der Waals surface area contributed by atoms with Gasteiger partial charge in [0.2, 0.25) is 0 Å². The van der Waals surface area contributed by atoms with E-state index in [2.05, 4.69) is 0 Å². The third-order valence-electron chi connectivity index (χ3n) is 2.87. The summed E-state index contributed by atoms with van der Waals surface area (Å²) in [5, 5.41) is 0.236. The molecule has 1 atom stereocenters. The normalized spacial score (nSPS) is 12.2. The monoisotopic (exact) mass is 279 g/mol. The lowest BCUT2D eigenvalue weighted by atomic mass is 10.0. The van der Waals surface area contributed by atoms with Gasteiger partial charge in [-0.25, -0.2) is 4.39 Å². The molecule has 19 heavy (non-hydrogen) atoms. The minimum atomic E-state index is -0.393. The molecule has 0 spiro atoms. The molecule has 0 saturated heterocycles. The zero-order valence-corrected chi connectivity index (χ0v) is 11.3. The van der Waals surface area contributed by atoms with Gasteiger partial charge in [-0.2, -0.15) is 0 Å². The number of rotatable bonds is 4. The molecule has 2 aromatic rings. The van der Waals surface area contributed by atoms with Crippen molar-refractivity contribution in [3.05, 3.63) is 58.9 Å². The van der Waals surface area contributed by atoms with E-state index >= 15 is 0 Å². The molecule has 2 aromatic carbocycles. The van der Waals surface area contributed by atoms with E-state index in [1.807, 2.05) is 31.2 Å². The van der Waals surface area contributed by atoms with Crippen molar-refractivity contribution in [2.45, 2.75) is 19.4 Å². The highest BCUT2D eigenvalue weighted by molar-refractivity contribution is 6.32. The Balaban J connectivity index is 2.33. The number of halogens is 2. The highest BCUT2D eigenvalue weighted by atomic mass is 35.5. The summed E-state index contributed by atoms with van der Waals surface area (Å²) in [6, 6.07) is 11.4. The first-order valence-corrected chi connectivity index (χ1v) is 6.47. The summed E-state index contributed by atoms with van der Waals surface area (Å²) < 4.78 is 18.7. The zero-order valence-electron chi connectivity index (χ0n) is 10.6. The molecule has 2 rings (SSSR count). The van der Waals surface area contributed by atoms with Gasteiger partial charge in [-0.15, -0.1) is 0 Å². The van der Waals surface area contributed by atoms with Gasteiger partial charge in [-0.3, -0.25) is 0 Å². The molecule has 0 aliphatic heterocycles. The molecular weight excluding hydrogens is 265 g/mol. The zero-order chi connectivity index (χ0) is 13.8. The summed E-state index contributed by atoms with van der Waals surface area (Å²) in [7, 11) is 0. The Kier molecular flexibility index (Phi) is 4.40. The van der Waals surface area contributed by atoms with Crippen LogP contribution >= 0.6 is 11.6 Å². The predicted octanol–water partition coefficient (Wildman–Crippen LogP) is 4.68. The SMILES string of the molecule is CC[C@H](N)c1ccccc1Oc1ccc(F)cc1Cl. The molecule has 0 unspecified atom stereocenters. The van der Waals surface area contributed by atoms with Gasteiger partial charge >= 0.3 is 0 Å². The van der Waals surface area contributed by atoms with Crippen LogP contribution in [0, 0.1) is 5.82 Å². The van der Waals surface area contributed by atoms with Gasteiger partial charge in [0.15, 0.2) is 0 Å². The predicted molar refractivity (Wildman–Crippen MR) is 75.1 cm³/mol. The average Bonchev–Trinajstić information content (AvgIpc) is 2.41. The van der Waals surface area contributed by atoms with Crippen LogP contribution in [0.5, 0.6) is 11.5 Å². The van der Waals surface area contributed by atoms with Crippen molar-refractivity contribution in [3.63, 3.8) is 0 Å². The summed E-state index contributed by atoms with van der Waals surface area (Å²) in [5.74, 6) is 0.667. The van der Waals surface area contributed by atoms with E-state index in [1.165, 1.54) is 18.2 Å². The minimum absolute atomic E-state index is 0.101. The maximum Gasteiger partial charge on any atom is 0.146 e. The quantitative estimate of drug-likeness (QED) is 0.882. The second kappa shape index (κ2) is 6.04. The lowest BCUT2D eigenvalue weighted by Crippen LogP contribution is -2.09. The van der Waals surface area contributed by atoms with Gasteiger partial charge in [0, 0.05) is 11.6 Å². The summed E-state index contributed by atoms with van der Waals surface area (Å²) in [6.07, 6.45) is 0.803. The van der Waals surface area contributed by atoms with Crippen LogP contribution in [0.2, 0.25) is 5.02 Å². The molecule has 2 N–H and O–H groups in total. The minimum Gasteiger partial charge on any atom is -0.455 e. The van der Waals surface area contributed by atoms with Crippen LogP contribution in [0.15, 0.2) is 42.5 Å². The standard InChI is InChI=1S/C15H15ClFNO/c1-2-13(18)11-5-3-4-6-14(11)19-15-8-7-10(17)9-12(15)16/h3-9,13H,2,18H2,1H3/t13-/m0/s1. The van der Waals surface area contributed by atoms with Crippen LogP contribution < -0.4 is 10.5 Å². The van der Waals surface area contributed by atoms with Crippen LogP contribution in [0.25, 0.3) is 0 Å². The van der Waals surface area contributed by atoms with Crippen molar-refractivity contribution in [1.29, 1.82) is 0 Å². The Morgan fingerprint density at radius 1 is 1.21 bits per heavy atom. The Morgan fingerprint density at radius 3 is 2.63 bits per heavy atom. The van der Waals surface area contributed by atoms with Gasteiger partial charge in [0.25, 0.3) is 0 Å². The maximum absolute atomic E-state index is 13.0. The van der Waals surface area contributed by atoms with Gasteiger partial charge in [-0.05, 0) is 30.7 Å². The highest BCUT2D eigenvalue weighted by Gasteiger charge is 2.12. The molecular formula is C15H15ClFNO. The van der Waals surface area contributed by atoms with Crippen molar-refractivity contribution < 1.29 is 9.13 Å². The smallest absolute Gasteiger partial charge is 0.146 e. The first kappa shape index (κ1) is 13.8. The second-order valence-corrected chi connectivity index (χ2v) is 4.64. The lowest BCUT2D eigenvalue weighted by molar-refractivity contribution is 0.467. The van der Waals surface area contributed by atoms with E-state index in [4.69, 9.17) is 22.1 Å². The molecule has 0 radical (unpaired) electrons. The van der Waals surface area contributed by atoms with Crippen LogP contribution in [0.4, 0.5) is 4.39 Å². The van der Waals surface area contributed by atoms with Crippen LogP contribution in [-0.2, 0) is 0 Å². The number of benzene rings is 2. The first-order chi connectivity index (χ1) is 9.11. The molecule has 0 aliphatic rings. The summed E-state index contributed by atoms with van der Waals surface area (Å²) in [5.41, 5.74) is 6.95. The number of nitrogens with two attached hydrogens (primary N) is 1. The van der Waals surface area contributed by atoms with E-state index in [0.717, 1.165) is 12.0 Å². The molecule has 100 valence electrons. The fraction of sp³-hybridized carbons (Fsp3) is 0.200. The largest absolute Gasteiger partial charge is 0.455 e. The van der Waals surface area contributed by atoms with Crippen molar-refractivity contribution in [3.8, 4) is 11.5 Å². The van der Waals surface area contributed by atoms with E-state index in [1.54, 1.807) is 0 Å². The molecule has 0 saturated carbocycles. The van der Waals surface area contributed by atoms with Crippen LogP contribution in [0.1, 0.15) is 24.9 Å². The number of hydrogen-bond donors (Lipinski definition) is 1. The van der Waals surface area contributed by atoms with Crippen molar-refractivity contribution in [2.75, 3.05) is 0 Å². The molecule has 4 heteroatoms. The summed E-state index contributed by atoms with van der Waals surface area (Å²) in [6.45, 7) is 2.01. The molecule has 0 bridgehead atoms. The molecule has 0 aliphatic carbocycles. The number of para-hydroxylation sites is 1. The van der Waals surface area contributed by atoms with Gasteiger partial charge in [0.05, 0.1) is 5.02 Å². The van der Waals surface area contributed by atoms with Gasteiger partial charge in [-0.1, -0.05) is 36.7 Å². The number of hydrogen-bond acceptors (Lipinski definition) is 2. The van der Waals surface area contributed by atoms with Crippen molar-refractivity contribution in [2.24, 2.45) is 5.73 Å². The highest BCUT2D eigenvalue weighted by Crippen LogP contribution is 2.33. The van der Waals surface area contributed by atoms with Crippen LogP contribution in [0.3, 0.4) is 0 Å². The average molecular weight is 280 g/mol. The van der Waals surface area contributed by atoms with Gasteiger partial charge in [0.1, 0.15) is 17.3 Å². The summed E-state index contributed by atoms with van der Waals surface area (Å²) in [4.78, 5) is 0. The Labute approximate surface area is 117 Å². The van der Waals surface area contributed by atoms with E-state index < -0.39 is 5.82 Å². The third kappa shape index (κ3) is 3.25. The summed E-state index contributed by atoms with van der Waals surface area (Å²) >= 11 is 5.95. The molecule has 0 heterocycles. The van der Waals surface area contributed by atoms with Crippen molar-refractivity contribution >= 4 is 11.6 Å². The second-order valence-electron chi connectivity index (χ2n) is 4.23. The van der Waals surface area contributed by atoms with Crippen LogP contribution in [-0.4, -0.2) is 0 Å². The topological polar surface area (TPSA) is 35.2 Å². The molecule has 0 aromatic heterocycles. The van der Waals surface area contributed by atoms with E-state index in [-0.39, 0.29) is 11.1 Å². The van der Waals surface area contributed by atoms with E-state index in [9.17, 15) is 4.39 Å². The fourth-order valence-corrected chi connectivity index (χ4v) is 1.98. The van der Waals surface area contributed by atoms with Gasteiger partial charge < -0.3 is 10.5 Å². The number of ether oxygens (including phenoxy) is 1. The lowest BCUT2D eigenvalue weighted by Gasteiger charge is -2.16. The molecule has 0 fully saturated rings. The fourth-order valence-electron chi connectivity index (χ4n) is 1.78. The van der Waals surface area contributed by atoms with E-state index in [0.29, 0.717) is 11.5 Å². The first-order valence-electron chi connectivity index (χ1n) is 6.09.